The molecule has 2 N–H and O–H groups in total. The van der Waals surface area contributed by atoms with E-state index in [1.807, 2.05) is 6.92 Å². The molecular weight excluding hydrogens is 192 g/mol. The topological polar surface area (TPSA) is 50.4 Å². The summed E-state index contributed by atoms with van der Waals surface area (Å²) < 4.78 is 5.02. The van der Waals surface area contributed by atoms with Crippen LogP contribution in [0.15, 0.2) is 0 Å². The third kappa shape index (κ3) is 8.24. The zero-order valence-electron chi connectivity index (χ0n) is 10.4. The first kappa shape index (κ1) is 14.2. The summed E-state index contributed by atoms with van der Waals surface area (Å²) in [5, 5.41) is 5.64. The maximum Gasteiger partial charge on any atom is 0.314 e. The van der Waals surface area contributed by atoms with Gasteiger partial charge in [0.2, 0.25) is 0 Å². The molecule has 0 aliphatic heterocycles. The zero-order chi connectivity index (χ0) is 11.7. The molecule has 0 aromatic rings. The van der Waals surface area contributed by atoms with Crippen molar-refractivity contribution >= 4 is 6.03 Å². The first-order chi connectivity index (χ1) is 7.02. The molecule has 0 saturated carbocycles. The lowest BCUT2D eigenvalue weighted by atomic mass is 9.90. The molecule has 0 bridgehead atoms. The van der Waals surface area contributed by atoms with Crippen LogP contribution in [0.25, 0.3) is 0 Å². The predicted molar refractivity (Wildman–Crippen MR) is 62.0 cm³/mol. The molecule has 0 aromatic heterocycles. The van der Waals surface area contributed by atoms with E-state index < -0.39 is 0 Å². The Kier molecular flexibility index (Phi) is 7.13. The number of carbonyl (C=O) groups is 1. The summed E-state index contributed by atoms with van der Waals surface area (Å²) in [6.07, 6.45) is 1.90. The minimum absolute atomic E-state index is 0.0812. The largest absolute Gasteiger partial charge is 0.385 e. The molecule has 2 amide bonds. The van der Waals surface area contributed by atoms with Crippen molar-refractivity contribution in [2.24, 2.45) is 5.41 Å². The second-order valence-corrected chi connectivity index (χ2v) is 4.52. The Morgan fingerprint density at radius 3 is 2.53 bits per heavy atom. The standard InChI is InChI=1S/C11H24N2O2/c1-5-7-12-10(14)13-9-11(2,3)6-8-15-4/h5-9H2,1-4H3,(H2,12,13,14). The Labute approximate surface area is 92.8 Å². The molecule has 0 unspecified atom stereocenters. The van der Waals surface area contributed by atoms with Crippen molar-refractivity contribution in [2.75, 3.05) is 26.8 Å². The second-order valence-electron chi connectivity index (χ2n) is 4.52. The van der Waals surface area contributed by atoms with E-state index in [0.717, 1.165) is 26.0 Å². The molecule has 0 saturated heterocycles. The molecule has 0 fully saturated rings. The molecule has 0 rings (SSSR count). The van der Waals surface area contributed by atoms with Crippen LogP contribution >= 0.6 is 0 Å². The van der Waals surface area contributed by atoms with Crippen molar-refractivity contribution in [1.29, 1.82) is 0 Å². The van der Waals surface area contributed by atoms with Crippen molar-refractivity contribution in [3.8, 4) is 0 Å². The smallest absolute Gasteiger partial charge is 0.314 e. The summed E-state index contributed by atoms with van der Waals surface area (Å²) in [7, 11) is 1.69. The highest BCUT2D eigenvalue weighted by Gasteiger charge is 2.18. The van der Waals surface area contributed by atoms with Crippen LogP contribution in [0.2, 0.25) is 0 Å². The molecule has 90 valence electrons. The van der Waals surface area contributed by atoms with Gasteiger partial charge in [-0.2, -0.15) is 0 Å². The quantitative estimate of drug-likeness (QED) is 0.681. The van der Waals surface area contributed by atoms with Crippen LogP contribution in [-0.4, -0.2) is 32.8 Å². The van der Waals surface area contributed by atoms with E-state index in [2.05, 4.69) is 24.5 Å². The molecule has 0 radical (unpaired) electrons. The van der Waals surface area contributed by atoms with Crippen LogP contribution in [-0.2, 0) is 4.74 Å². The minimum Gasteiger partial charge on any atom is -0.385 e. The molecule has 0 aromatic carbocycles. The average Bonchev–Trinajstić information content (AvgIpc) is 2.21. The van der Waals surface area contributed by atoms with E-state index in [4.69, 9.17) is 4.74 Å². The Hall–Kier alpha value is -0.770. The van der Waals surface area contributed by atoms with Gasteiger partial charge < -0.3 is 15.4 Å². The van der Waals surface area contributed by atoms with E-state index in [1.165, 1.54) is 0 Å². The maximum absolute atomic E-state index is 11.3. The summed E-state index contributed by atoms with van der Waals surface area (Å²) in [6, 6.07) is -0.0812. The number of nitrogens with one attached hydrogen (secondary N) is 2. The van der Waals surface area contributed by atoms with E-state index in [-0.39, 0.29) is 11.4 Å². The molecule has 4 heteroatoms. The van der Waals surface area contributed by atoms with Gasteiger partial charge in [-0.15, -0.1) is 0 Å². The molecule has 0 atom stereocenters. The predicted octanol–water partition coefficient (Wildman–Crippen LogP) is 1.76. The number of ether oxygens (including phenoxy) is 1. The lowest BCUT2D eigenvalue weighted by Crippen LogP contribution is -2.41. The van der Waals surface area contributed by atoms with Crippen molar-refractivity contribution < 1.29 is 9.53 Å². The monoisotopic (exact) mass is 216 g/mol. The maximum atomic E-state index is 11.3. The van der Waals surface area contributed by atoms with Crippen LogP contribution in [0.1, 0.15) is 33.6 Å². The number of hydrogen-bond donors (Lipinski definition) is 2. The lowest BCUT2D eigenvalue weighted by Gasteiger charge is -2.24. The number of rotatable bonds is 7. The van der Waals surface area contributed by atoms with Gasteiger partial charge >= 0.3 is 6.03 Å². The van der Waals surface area contributed by atoms with Crippen LogP contribution in [0.4, 0.5) is 4.79 Å². The van der Waals surface area contributed by atoms with Crippen molar-refractivity contribution in [3.63, 3.8) is 0 Å². The van der Waals surface area contributed by atoms with E-state index in [1.54, 1.807) is 7.11 Å². The van der Waals surface area contributed by atoms with Crippen molar-refractivity contribution in [3.05, 3.63) is 0 Å². The summed E-state index contributed by atoms with van der Waals surface area (Å²) in [4.78, 5) is 11.3. The van der Waals surface area contributed by atoms with Crippen molar-refractivity contribution in [2.45, 2.75) is 33.6 Å². The number of amides is 2. The first-order valence-electron chi connectivity index (χ1n) is 5.52. The van der Waals surface area contributed by atoms with Gasteiger partial charge in [-0.25, -0.2) is 4.79 Å². The molecule has 0 aliphatic carbocycles. The fourth-order valence-corrected chi connectivity index (χ4v) is 1.09. The van der Waals surface area contributed by atoms with Crippen molar-refractivity contribution in [1.82, 2.24) is 10.6 Å². The van der Waals surface area contributed by atoms with Gasteiger partial charge in [0.25, 0.3) is 0 Å². The fourth-order valence-electron chi connectivity index (χ4n) is 1.09. The number of hydrogen-bond acceptors (Lipinski definition) is 2. The molecule has 0 spiro atoms. The Balaban J connectivity index is 3.67. The van der Waals surface area contributed by atoms with Gasteiger partial charge in [0.15, 0.2) is 0 Å². The number of methoxy groups -OCH3 is 1. The molecule has 0 heterocycles. The minimum atomic E-state index is -0.0812. The van der Waals surface area contributed by atoms with Crippen LogP contribution in [0, 0.1) is 5.41 Å². The third-order valence-electron chi connectivity index (χ3n) is 2.25. The normalized spacial score (nSPS) is 11.2. The second kappa shape index (κ2) is 7.51. The third-order valence-corrected chi connectivity index (χ3v) is 2.25. The van der Waals surface area contributed by atoms with Crippen LogP contribution < -0.4 is 10.6 Å². The van der Waals surface area contributed by atoms with Gasteiger partial charge in [0, 0.05) is 26.8 Å². The highest BCUT2D eigenvalue weighted by molar-refractivity contribution is 5.73. The Bertz CT molecular complexity index is 181. The molecule has 0 aliphatic rings. The van der Waals surface area contributed by atoms with Crippen LogP contribution in [0.3, 0.4) is 0 Å². The molecule has 15 heavy (non-hydrogen) atoms. The summed E-state index contributed by atoms with van der Waals surface area (Å²) in [5.41, 5.74) is 0.0829. The number of carbonyl (C=O) groups excluding carboxylic acids is 1. The SMILES string of the molecule is CCCNC(=O)NCC(C)(C)CCOC. The fraction of sp³-hybridized carbons (Fsp3) is 0.909. The Morgan fingerprint density at radius 2 is 2.00 bits per heavy atom. The lowest BCUT2D eigenvalue weighted by molar-refractivity contribution is 0.151. The van der Waals surface area contributed by atoms with Gasteiger partial charge in [-0.1, -0.05) is 20.8 Å². The Morgan fingerprint density at radius 1 is 1.33 bits per heavy atom. The van der Waals surface area contributed by atoms with E-state index in [0.29, 0.717) is 6.54 Å². The van der Waals surface area contributed by atoms with E-state index in [9.17, 15) is 4.79 Å². The summed E-state index contributed by atoms with van der Waals surface area (Å²) >= 11 is 0. The van der Waals surface area contributed by atoms with Gasteiger partial charge in [-0.3, -0.25) is 0 Å². The van der Waals surface area contributed by atoms with Gasteiger partial charge in [0.1, 0.15) is 0 Å². The summed E-state index contributed by atoms with van der Waals surface area (Å²) in [5.74, 6) is 0. The van der Waals surface area contributed by atoms with Crippen LogP contribution in [0.5, 0.6) is 0 Å². The average molecular weight is 216 g/mol. The molecular formula is C11H24N2O2. The number of urea groups is 1. The molecule has 4 nitrogen and oxygen atoms in total. The summed E-state index contributed by atoms with van der Waals surface area (Å²) in [6.45, 7) is 8.39. The zero-order valence-corrected chi connectivity index (χ0v) is 10.4. The van der Waals surface area contributed by atoms with Gasteiger partial charge in [0.05, 0.1) is 0 Å². The van der Waals surface area contributed by atoms with Gasteiger partial charge in [-0.05, 0) is 18.3 Å². The highest BCUT2D eigenvalue weighted by Crippen LogP contribution is 2.18. The first-order valence-corrected chi connectivity index (χ1v) is 5.52. The highest BCUT2D eigenvalue weighted by atomic mass is 16.5. The van der Waals surface area contributed by atoms with E-state index >= 15 is 0 Å².